The van der Waals surface area contributed by atoms with Crippen LogP contribution in [0, 0.1) is 5.41 Å². The fourth-order valence-corrected chi connectivity index (χ4v) is 5.58. The summed E-state index contributed by atoms with van der Waals surface area (Å²) < 4.78 is 53.7. The van der Waals surface area contributed by atoms with Crippen molar-refractivity contribution in [1.82, 2.24) is 10.0 Å². The highest BCUT2D eigenvalue weighted by Crippen LogP contribution is 2.40. The van der Waals surface area contributed by atoms with Gasteiger partial charge in [0, 0.05) is 32.0 Å². The van der Waals surface area contributed by atoms with E-state index in [0.717, 1.165) is 38.8 Å². The summed E-state index contributed by atoms with van der Waals surface area (Å²) >= 11 is 0. The SMILES string of the molecule is O=S(=O)(NC1CCC2(CC1)CNC2)C1CCC(F)(F)CC1. The normalized spacial score (nSPS) is 30.2. The first-order valence-electron chi connectivity index (χ1n) is 7.90. The number of hydrogen-bond acceptors (Lipinski definition) is 3. The lowest BCUT2D eigenvalue weighted by Gasteiger charge is -2.47. The highest BCUT2D eigenvalue weighted by atomic mass is 32.2. The van der Waals surface area contributed by atoms with Crippen molar-refractivity contribution >= 4 is 10.0 Å². The second-order valence-electron chi connectivity index (χ2n) is 7.10. The van der Waals surface area contributed by atoms with Crippen LogP contribution in [-0.2, 0) is 10.0 Å². The Balaban J connectivity index is 1.52. The molecule has 122 valence electrons. The van der Waals surface area contributed by atoms with Gasteiger partial charge >= 0.3 is 0 Å². The van der Waals surface area contributed by atoms with E-state index >= 15 is 0 Å². The predicted molar refractivity (Wildman–Crippen MR) is 76.8 cm³/mol. The molecular formula is C14H24F2N2O2S. The molecule has 21 heavy (non-hydrogen) atoms. The lowest BCUT2D eigenvalue weighted by atomic mass is 9.69. The molecule has 2 saturated carbocycles. The zero-order valence-electron chi connectivity index (χ0n) is 12.2. The van der Waals surface area contributed by atoms with Crippen molar-refractivity contribution in [3.63, 3.8) is 0 Å². The summed E-state index contributed by atoms with van der Waals surface area (Å²) in [5.41, 5.74) is 0.398. The molecule has 3 rings (SSSR count). The first kappa shape index (κ1) is 15.6. The van der Waals surface area contributed by atoms with Gasteiger partial charge in [0.2, 0.25) is 15.9 Å². The minimum atomic E-state index is -3.46. The third-order valence-corrected chi connectivity index (χ3v) is 7.49. The maximum atomic E-state index is 13.1. The molecule has 0 atom stereocenters. The maximum absolute atomic E-state index is 13.1. The standard InChI is InChI=1S/C14H24F2N2O2S/c15-14(16)7-3-12(4-8-14)21(19,20)18-11-1-5-13(6-2-11)9-17-10-13/h11-12,17-18H,1-10H2. The molecule has 0 radical (unpaired) electrons. The minimum absolute atomic E-state index is 0.0105. The zero-order chi connectivity index (χ0) is 15.1. The predicted octanol–water partition coefficient (Wildman–Crippen LogP) is 2.02. The zero-order valence-corrected chi connectivity index (χ0v) is 13.0. The van der Waals surface area contributed by atoms with Crippen LogP contribution in [0.25, 0.3) is 0 Å². The molecule has 7 heteroatoms. The number of halogens is 2. The summed E-state index contributed by atoms with van der Waals surface area (Å²) in [7, 11) is -3.46. The maximum Gasteiger partial charge on any atom is 0.248 e. The van der Waals surface area contributed by atoms with Crippen molar-refractivity contribution in [2.45, 2.75) is 68.6 Å². The third-order valence-electron chi connectivity index (χ3n) is 5.48. The van der Waals surface area contributed by atoms with Crippen LogP contribution in [0.3, 0.4) is 0 Å². The summed E-state index contributed by atoms with van der Waals surface area (Å²) in [5.74, 6) is -2.68. The number of sulfonamides is 1. The van der Waals surface area contributed by atoms with E-state index in [1.54, 1.807) is 0 Å². The number of nitrogens with one attached hydrogen (secondary N) is 2. The van der Waals surface area contributed by atoms with Gasteiger partial charge in [-0.05, 0) is 43.9 Å². The van der Waals surface area contributed by atoms with Crippen LogP contribution in [0.5, 0.6) is 0 Å². The Morgan fingerprint density at radius 1 is 0.952 bits per heavy atom. The van der Waals surface area contributed by atoms with Crippen molar-refractivity contribution < 1.29 is 17.2 Å². The quantitative estimate of drug-likeness (QED) is 0.836. The van der Waals surface area contributed by atoms with Gasteiger partial charge in [-0.2, -0.15) is 0 Å². The Morgan fingerprint density at radius 2 is 1.52 bits per heavy atom. The molecule has 0 unspecified atom stereocenters. The van der Waals surface area contributed by atoms with Gasteiger partial charge in [-0.25, -0.2) is 21.9 Å². The molecule has 2 aliphatic carbocycles. The van der Waals surface area contributed by atoms with Gasteiger partial charge in [0.1, 0.15) is 0 Å². The second-order valence-corrected chi connectivity index (χ2v) is 9.09. The molecule has 3 fully saturated rings. The number of hydrogen-bond donors (Lipinski definition) is 2. The Bertz CT molecular complexity index is 471. The van der Waals surface area contributed by atoms with E-state index in [0.29, 0.717) is 5.41 Å². The Kier molecular flexibility index (Phi) is 4.03. The van der Waals surface area contributed by atoms with Crippen molar-refractivity contribution in [3.05, 3.63) is 0 Å². The molecule has 4 nitrogen and oxygen atoms in total. The Hall–Kier alpha value is -0.270. The highest BCUT2D eigenvalue weighted by Gasteiger charge is 2.43. The largest absolute Gasteiger partial charge is 0.316 e. The van der Waals surface area contributed by atoms with Crippen molar-refractivity contribution in [2.75, 3.05) is 13.1 Å². The van der Waals surface area contributed by atoms with E-state index in [1.807, 2.05) is 0 Å². The summed E-state index contributed by atoms with van der Waals surface area (Å²) in [6.07, 6.45) is 3.36. The lowest BCUT2D eigenvalue weighted by Crippen LogP contribution is -2.57. The summed E-state index contributed by atoms with van der Waals surface area (Å²) in [6, 6.07) is -0.0105. The molecule has 2 N–H and O–H groups in total. The highest BCUT2D eigenvalue weighted by molar-refractivity contribution is 7.90. The third kappa shape index (κ3) is 3.40. The lowest BCUT2D eigenvalue weighted by molar-refractivity contribution is -0.0329. The average Bonchev–Trinajstić information content (AvgIpc) is 2.37. The molecule has 1 saturated heterocycles. The van der Waals surface area contributed by atoms with Gasteiger partial charge in [0.15, 0.2) is 0 Å². The summed E-state index contributed by atoms with van der Waals surface area (Å²) in [5, 5.41) is 2.64. The molecule has 3 aliphatic rings. The molecule has 0 aromatic carbocycles. The summed E-state index contributed by atoms with van der Waals surface area (Å²) in [6.45, 7) is 2.09. The molecule has 0 aromatic rings. The van der Waals surface area contributed by atoms with Gasteiger partial charge in [0.05, 0.1) is 5.25 Å². The molecule has 0 aromatic heterocycles. The van der Waals surface area contributed by atoms with E-state index in [4.69, 9.17) is 0 Å². The van der Waals surface area contributed by atoms with Crippen LogP contribution in [0.4, 0.5) is 8.78 Å². The fraction of sp³-hybridized carbons (Fsp3) is 1.00. The van der Waals surface area contributed by atoms with E-state index in [2.05, 4.69) is 10.0 Å². The van der Waals surface area contributed by atoms with Crippen molar-refractivity contribution in [1.29, 1.82) is 0 Å². The van der Waals surface area contributed by atoms with Crippen LogP contribution in [0.1, 0.15) is 51.4 Å². The van der Waals surface area contributed by atoms with E-state index < -0.39 is 21.2 Å². The van der Waals surface area contributed by atoms with Crippen LogP contribution in [-0.4, -0.2) is 38.7 Å². The molecule has 0 amide bonds. The Morgan fingerprint density at radius 3 is 2.00 bits per heavy atom. The number of rotatable bonds is 3. The first-order valence-corrected chi connectivity index (χ1v) is 9.45. The van der Waals surface area contributed by atoms with Crippen molar-refractivity contribution in [3.8, 4) is 0 Å². The summed E-state index contributed by atoms with van der Waals surface area (Å²) in [4.78, 5) is 0. The second kappa shape index (κ2) is 5.42. The smallest absolute Gasteiger partial charge is 0.248 e. The van der Waals surface area contributed by atoms with E-state index in [1.165, 1.54) is 0 Å². The van der Waals surface area contributed by atoms with Crippen LogP contribution >= 0.6 is 0 Å². The van der Waals surface area contributed by atoms with Crippen LogP contribution in [0.15, 0.2) is 0 Å². The van der Waals surface area contributed by atoms with E-state index in [-0.39, 0.29) is 31.7 Å². The topological polar surface area (TPSA) is 58.2 Å². The van der Waals surface area contributed by atoms with Gasteiger partial charge in [-0.3, -0.25) is 0 Å². The van der Waals surface area contributed by atoms with Gasteiger partial charge in [-0.1, -0.05) is 0 Å². The Labute approximate surface area is 125 Å². The van der Waals surface area contributed by atoms with Gasteiger partial charge in [-0.15, -0.1) is 0 Å². The van der Waals surface area contributed by atoms with Gasteiger partial charge < -0.3 is 5.32 Å². The molecule has 1 heterocycles. The molecule has 1 spiro atoms. The monoisotopic (exact) mass is 322 g/mol. The van der Waals surface area contributed by atoms with Crippen molar-refractivity contribution in [2.24, 2.45) is 5.41 Å². The fourth-order valence-electron chi connectivity index (χ4n) is 3.83. The molecule has 0 bridgehead atoms. The molecule has 1 aliphatic heterocycles. The minimum Gasteiger partial charge on any atom is -0.316 e. The van der Waals surface area contributed by atoms with Gasteiger partial charge in [0.25, 0.3) is 0 Å². The number of alkyl halides is 2. The molecular weight excluding hydrogens is 298 g/mol. The van der Waals surface area contributed by atoms with Crippen LogP contribution in [0.2, 0.25) is 0 Å². The van der Waals surface area contributed by atoms with Crippen LogP contribution < -0.4 is 10.0 Å². The first-order chi connectivity index (χ1) is 9.80. The van der Waals surface area contributed by atoms with E-state index in [9.17, 15) is 17.2 Å². The average molecular weight is 322 g/mol.